The van der Waals surface area contributed by atoms with Gasteiger partial charge in [0.1, 0.15) is 0 Å². The van der Waals surface area contributed by atoms with Crippen molar-refractivity contribution in [1.29, 1.82) is 0 Å². The van der Waals surface area contributed by atoms with Gasteiger partial charge in [-0.1, -0.05) is 30.3 Å². The maximum absolute atomic E-state index is 2.30. The first-order chi connectivity index (χ1) is 8.00. The molecule has 0 spiro atoms. The van der Waals surface area contributed by atoms with E-state index in [2.05, 4.69) is 81.1 Å². The van der Waals surface area contributed by atoms with Crippen LogP contribution >= 0.6 is 0 Å². The minimum Gasteiger partial charge on any atom is -0.196 e. The molecule has 0 aliphatic heterocycles. The van der Waals surface area contributed by atoms with Crippen LogP contribution in [0.5, 0.6) is 0 Å². The predicted molar refractivity (Wildman–Crippen MR) is 71.0 cm³/mol. The molecule has 17 heavy (non-hydrogen) atoms. The first kappa shape index (κ1) is 11.8. The molecule has 0 saturated carbocycles. The Morgan fingerprint density at radius 2 is 1.41 bits per heavy atom. The Balaban J connectivity index is 2.51. The molecule has 1 heteroatoms. The normalized spacial score (nSPS) is 11.5. The highest BCUT2D eigenvalue weighted by molar-refractivity contribution is 5.21. The molecule has 0 bridgehead atoms. The van der Waals surface area contributed by atoms with Gasteiger partial charge >= 0.3 is 0 Å². The molecule has 0 aliphatic carbocycles. The average molecular weight is 226 g/mol. The van der Waals surface area contributed by atoms with Crippen molar-refractivity contribution in [1.82, 2.24) is 0 Å². The van der Waals surface area contributed by atoms with Crippen LogP contribution in [0, 0.1) is 13.8 Å². The zero-order valence-corrected chi connectivity index (χ0v) is 11.1. The molecular weight excluding hydrogens is 206 g/mol. The second kappa shape index (κ2) is 4.33. The Kier molecular flexibility index (Phi) is 3.01. The molecule has 0 atom stereocenters. The summed E-state index contributed by atoms with van der Waals surface area (Å²) < 4.78 is 2.30. The van der Waals surface area contributed by atoms with Gasteiger partial charge in [0.05, 0.1) is 0 Å². The number of hydrogen-bond donors (Lipinski definition) is 0. The van der Waals surface area contributed by atoms with Crippen LogP contribution in [0.1, 0.15) is 30.5 Å². The highest BCUT2D eigenvalue weighted by atomic mass is 15.0. The maximum Gasteiger partial charge on any atom is 0.187 e. The van der Waals surface area contributed by atoms with Crippen LogP contribution in [0.3, 0.4) is 0 Å². The van der Waals surface area contributed by atoms with Crippen molar-refractivity contribution in [3.8, 4) is 0 Å². The van der Waals surface area contributed by atoms with Crippen molar-refractivity contribution >= 4 is 0 Å². The van der Waals surface area contributed by atoms with Crippen LogP contribution in [0.15, 0.2) is 48.8 Å². The number of hydrogen-bond acceptors (Lipinski definition) is 0. The summed E-state index contributed by atoms with van der Waals surface area (Å²) in [7, 11) is 0. The van der Waals surface area contributed by atoms with Crippen molar-refractivity contribution < 1.29 is 4.57 Å². The van der Waals surface area contributed by atoms with Crippen LogP contribution in [0.4, 0.5) is 0 Å². The third-order valence-electron chi connectivity index (χ3n) is 3.27. The third kappa shape index (κ3) is 2.38. The van der Waals surface area contributed by atoms with E-state index in [1.807, 2.05) is 0 Å². The van der Waals surface area contributed by atoms with E-state index in [9.17, 15) is 0 Å². The fraction of sp³-hybridized carbons (Fsp3) is 0.312. The van der Waals surface area contributed by atoms with E-state index in [1.54, 1.807) is 0 Å². The SMILES string of the molecule is Cc1cc(C)c[n+](C(C)(C)c2ccccc2)c1. The number of pyridine rings is 1. The van der Waals surface area contributed by atoms with Crippen LogP contribution in [0.2, 0.25) is 0 Å². The first-order valence-corrected chi connectivity index (χ1v) is 6.06. The number of nitrogens with zero attached hydrogens (tertiary/aromatic N) is 1. The molecule has 0 amide bonds. The topological polar surface area (TPSA) is 3.88 Å². The maximum atomic E-state index is 2.30. The average Bonchev–Trinajstić information content (AvgIpc) is 2.29. The second-order valence-electron chi connectivity index (χ2n) is 5.22. The molecule has 1 aromatic carbocycles. The van der Waals surface area contributed by atoms with E-state index in [1.165, 1.54) is 16.7 Å². The minimum atomic E-state index is -0.0158. The molecule has 1 aromatic heterocycles. The Morgan fingerprint density at radius 1 is 0.882 bits per heavy atom. The van der Waals surface area contributed by atoms with Crippen LogP contribution in [0.25, 0.3) is 0 Å². The third-order valence-corrected chi connectivity index (χ3v) is 3.27. The lowest BCUT2D eigenvalue weighted by molar-refractivity contribution is -0.747. The molecule has 88 valence electrons. The molecule has 2 aromatic rings. The van der Waals surface area contributed by atoms with Crippen LogP contribution in [-0.2, 0) is 5.54 Å². The molecule has 0 radical (unpaired) electrons. The van der Waals surface area contributed by atoms with Gasteiger partial charge in [0, 0.05) is 30.5 Å². The smallest absolute Gasteiger partial charge is 0.187 e. The lowest BCUT2D eigenvalue weighted by atomic mass is 9.93. The highest BCUT2D eigenvalue weighted by Gasteiger charge is 2.30. The first-order valence-electron chi connectivity index (χ1n) is 6.06. The molecule has 2 rings (SSSR count). The van der Waals surface area contributed by atoms with Crippen LogP contribution < -0.4 is 4.57 Å². The number of rotatable bonds is 2. The Morgan fingerprint density at radius 3 is 1.94 bits per heavy atom. The van der Waals surface area contributed by atoms with Crippen molar-refractivity contribution in [2.24, 2.45) is 0 Å². The summed E-state index contributed by atoms with van der Waals surface area (Å²) in [4.78, 5) is 0. The minimum absolute atomic E-state index is 0.0158. The zero-order valence-electron chi connectivity index (χ0n) is 11.1. The summed E-state index contributed by atoms with van der Waals surface area (Å²) in [5.74, 6) is 0. The van der Waals surface area contributed by atoms with Crippen molar-refractivity contribution in [3.63, 3.8) is 0 Å². The van der Waals surface area contributed by atoms with Crippen molar-refractivity contribution in [2.75, 3.05) is 0 Å². The van der Waals surface area contributed by atoms with Gasteiger partial charge in [0.25, 0.3) is 0 Å². The largest absolute Gasteiger partial charge is 0.196 e. The highest BCUT2D eigenvalue weighted by Crippen LogP contribution is 2.19. The Labute approximate surface area is 104 Å². The van der Waals surface area contributed by atoms with E-state index in [0.29, 0.717) is 0 Å². The zero-order chi connectivity index (χ0) is 12.5. The van der Waals surface area contributed by atoms with Gasteiger partial charge in [0.2, 0.25) is 0 Å². The van der Waals surface area contributed by atoms with E-state index in [-0.39, 0.29) is 5.54 Å². The van der Waals surface area contributed by atoms with Gasteiger partial charge in [-0.05, 0) is 19.9 Å². The molecule has 1 nitrogen and oxygen atoms in total. The summed E-state index contributed by atoms with van der Waals surface area (Å²) >= 11 is 0. The summed E-state index contributed by atoms with van der Waals surface area (Å²) in [6.07, 6.45) is 4.42. The lowest BCUT2D eigenvalue weighted by Gasteiger charge is -2.20. The number of aryl methyl sites for hydroxylation is 2. The van der Waals surface area contributed by atoms with Gasteiger partial charge in [0.15, 0.2) is 17.9 Å². The molecular formula is C16H20N+. The van der Waals surface area contributed by atoms with E-state index in [0.717, 1.165) is 0 Å². The molecule has 0 fully saturated rings. The van der Waals surface area contributed by atoms with Gasteiger partial charge in [-0.25, -0.2) is 0 Å². The van der Waals surface area contributed by atoms with Crippen molar-refractivity contribution in [3.05, 3.63) is 65.5 Å². The van der Waals surface area contributed by atoms with Crippen LogP contribution in [-0.4, -0.2) is 0 Å². The quantitative estimate of drug-likeness (QED) is 0.691. The van der Waals surface area contributed by atoms with Gasteiger partial charge in [-0.3, -0.25) is 0 Å². The monoisotopic (exact) mass is 226 g/mol. The fourth-order valence-electron chi connectivity index (χ4n) is 2.23. The molecule has 0 N–H and O–H groups in total. The Bertz CT molecular complexity index is 492. The summed E-state index contributed by atoms with van der Waals surface area (Å²) in [5.41, 5.74) is 3.91. The molecule has 0 aliphatic rings. The predicted octanol–water partition coefficient (Wildman–Crippen LogP) is 3.37. The van der Waals surface area contributed by atoms with Gasteiger partial charge < -0.3 is 0 Å². The fourth-order valence-corrected chi connectivity index (χ4v) is 2.23. The standard InChI is InChI=1S/C16H20N/c1-13-10-14(2)12-17(11-13)16(3,4)15-8-6-5-7-9-15/h5-12H,1-4H3/q+1. The lowest BCUT2D eigenvalue weighted by Crippen LogP contribution is -2.52. The van der Waals surface area contributed by atoms with E-state index in [4.69, 9.17) is 0 Å². The number of benzene rings is 1. The van der Waals surface area contributed by atoms with E-state index < -0.39 is 0 Å². The Hall–Kier alpha value is -1.63. The molecule has 0 unspecified atom stereocenters. The summed E-state index contributed by atoms with van der Waals surface area (Å²) in [5, 5.41) is 0. The van der Waals surface area contributed by atoms with Crippen molar-refractivity contribution in [2.45, 2.75) is 33.2 Å². The van der Waals surface area contributed by atoms with Gasteiger partial charge in [-0.2, -0.15) is 4.57 Å². The van der Waals surface area contributed by atoms with E-state index >= 15 is 0 Å². The molecule has 0 saturated heterocycles. The second-order valence-corrected chi connectivity index (χ2v) is 5.22. The summed E-state index contributed by atoms with van der Waals surface area (Å²) in [6, 6.07) is 12.8. The van der Waals surface area contributed by atoms with Gasteiger partial charge in [-0.15, -0.1) is 0 Å². The summed E-state index contributed by atoms with van der Waals surface area (Å²) in [6.45, 7) is 8.79. The molecule has 1 heterocycles. The number of aromatic nitrogens is 1.